The number of alkyl halides is 1. The average Bonchev–Trinajstić information content (AvgIpc) is 2.05. The van der Waals surface area contributed by atoms with Crippen molar-refractivity contribution in [1.82, 2.24) is 0 Å². The molecule has 0 saturated carbocycles. The largest absolute Gasteiger partial charge is 0.507 e. The Labute approximate surface area is 63.5 Å². The number of halogens is 1. The van der Waals surface area contributed by atoms with Crippen molar-refractivity contribution in [1.29, 1.82) is 5.26 Å². The summed E-state index contributed by atoms with van der Waals surface area (Å²) >= 11 is 0. The van der Waals surface area contributed by atoms with Crippen molar-refractivity contribution < 1.29 is 9.50 Å². The number of aromatic hydroxyl groups is 1. The second kappa shape index (κ2) is 3.02. The first-order valence-electron chi connectivity index (χ1n) is 3.06. The first-order chi connectivity index (χ1) is 5.27. The predicted octanol–water partition coefficient (Wildman–Crippen LogP) is 1.73. The minimum atomic E-state index is -0.616. The number of rotatable bonds is 1. The Morgan fingerprint density at radius 1 is 1.55 bits per heavy atom. The third-order valence-corrected chi connectivity index (χ3v) is 1.34. The molecule has 0 aliphatic carbocycles. The molecule has 3 heteroatoms. The highest BCUT2D eigenvalue weighted by Crippen LogP contribution is 2.17. The Hall–Kier alpha value is -1.56. The molecule has 0 radical (unpaired) electrons. The molecule has 0 aromatic heterocycles. The van der Waals surface area contributed by atoms with Crippen LogP contribution in [-0.4, -0.2) is 5.11 Å². The van der Waals surface area contributed by atoms with E-state index in [1.54, 1.807) is 6.07 Å². The fourth-order valence-electron chi connectivity index (χ4n) is 0.756. The number of benzene rings is 1. The van der Waals surface area contributed by atoms with Gasteiger partial charge >= 0.3 is 0 Å². The van der Waals surface area contributed by atoms with E-state index in [4.69, 9.17) is 10.4 Å². The Balaban J connectivity index is 3.15. The van der Waals surface area contributed by atoms with E-state index in [-0.39, 0.29) is 11.3 Å². The fourth-order valence-corrected chi connectivity index (χ4v) is 0.756. The van der Waals surface area contributed by atoms with Gasteiger partial charge in [0, 0.05) is 0 Å². The van der Waals surface area contributed by atoms with Crippen molar-refractivity contribution >= 4 is 0 Å². The molecule has 0 amide bonds. The summed E-state index contributed by atoms with van der Waals surface area (Å²) in [6.07, 6.45) is 0. The number of phenolic OH excluding ortho intramolecular Hbond substituents is 1. The molecular formula is C8H6FNO. The van der Waals surface area contributed by atoms with Crippen LogP contribution in [0.25, 0.3) is 0 Å². The standard InChI is InChI=1S/C8H6FNO/c9-4-6-1-2-8(11)7(3-6)5-10/h1-3,11H,4H2. The van der Waals surface area contributed by atoms with Gasteiger partial charge in [-0.25, -0.2) is 4.39 Å². The Kier molecular flexibility index (Phi) is 2.07. The van der Waals surface area contributed by atoms with Crippen LogP contribution in [0.1, 0.15) is 11.1 Å². The molecule has 1 rings (SSSR count). The van der Waals surface area contributed by atoms with Gasteiger partial charge in [0.2, 0.25) is 0 Å². The summed E-state index contributed by atoms with van der Waals surface area (Å²) in [6, 6.07) is 5.84. The minimum absolute atomic E-state index is 0.107. The molecule has 1 aromatic rings. The highest BCUT2D eigenvalue weighted by molar-refractivity contribution is 5.44. The van der Waals surface area contributed by atoms with Crippen molar-refractivity contribution in [2.45, 2.75) is 6.67 Å². The normalized spacial score (nSPS) is 9.09. The monoisotopic (exact) mass is 151 g/mol. The molecule has 0 atom stereocenters. The van der Waals surface area contributed by atoms with Gasteiger partial charge in [0.25, 0.3) is 0 Å². The lowest BCUT2D eigenvalue weighted by Gasteiger charge is -1.96. The quantitative estimate of drug-likeness (QED) is 0.664. The van der Waals surface area contributed by atoms with E-state index in [1.807, 2.05) is 0 Å². The van der Waals surface area contributed by atoms with E-state index in [9.17, 15) is 4.39 Å². The zero-order valence-electron chi connectivity index (χ0n) is 5.71. The molecule has 0 fully saturated rings. The topological polar surface area (TPSA) is 44.0 Å². The van der Waals surface area contributed by atoms with Crippen LogP contribution >= 0.6 is 0 Å². The third kappa shape index (κ3) is 1.47. The van der Waals surface area contributed by atoms with Crippen LogP contribution in [0.5, 0.6) is 5.75 Å². The van der Waals surface area contributed by atoms with E-state index >= 15 is 0 Å². The lowest BCUT2D eigenvalue weighted by molar-refractivity contribution is 0.468. The van der Waals surface area contributed by atoms with Gasteiger partial charge in [0.05, 0.1) is 5.56 Å². The molecule has 56 valence electrons. The Bertz CT molecular complexity index is 303. The van der Waals surface area contributed by atoms with Crippen LogP contribution in [0.15, 0.2) is 18.2 Å². The third-order valence-electron chi connectivity index (χ3n) is 1.34. The van der Waals surface area contributed by atoms with Gasteiger partial charge in [0.15, 0.2) is 0 Å². The minimum Gasteiger partial charge on any atom is -0.507 e. The molecule has 0 bridgehead atoms. The zero-order valence-corrected chi connectivity index (χ0v) is 5.71. The average molecular weight is 151 g/mol. The number of phenols is 1. The molecule has 0 aliphatic heterocycles. The van der Waals surface area contributed by atoms with E-state index < -0.39 is 6.67 Å². The van der Waals surface area contributed by atoms with Gasteiger partial charge in [-0.05, 0) is 17.7 Å². The number of hydrogen-bond donors (Lipinski definition) is 1. The van der Waals surface area contributed by atoms with Gasteiger partial charge in [-0.2, -0.15) is 5.26 Å². The van der Waals surface area contributed by atoms with Crippen LogP contribution in [0.2, 0.25) is 0 Å². The van der Waals surface area contributed by atoms with Crippen LogP contribution in [0, 0.1) is 11.3 Å². The van der Waals surface area contributed by atoms with Gasteiger partial charge < -0.3 is 5.11 Å². The van der Waals surface area contributed by atoms with Crippen molar-refractivity contribution in [2.75, 3.05) is 0 Å². The van der Waals surface area contributed by atoms with Crippen molar-refractivity contribution in [3.8, 4) is 11.8 Å². The van der Waals surface area contributed by atoms with Crippen molar-refractivity contribution in [3.63, 3.8) is 0 Å². The Morgan fingerprint density at radius 3 is 2.82 bits per heavy atom. The molecule has 0 spiro atoms. The summed E-state index contributed by atoms with van der Waals surface area (Å²) in [4.78, 5) is 0. The second-order valence-electron chi connectivity index (χ2n) is 2.10. The molecule has 1 aromatic carbocycles. The molecule has 1 N–H and O–H groups in total. The second-order valence-corrected chi connectivity index (χ2v) is 2.10. The van der Waals surface area contributed by atoms with E-state index in [2.05, 4.69) is 0 Å². The highest BCUT2D eigenvalue weighted by Gasteiger charge is 2.00. The summed E-state index contributed by atoms with van der Waals surface area (Å²) in [5.74, 6) is -0.107. The molecule has 0 aliphatic rings. The Morgan fingerprint density at radius 2 is 2.27 bits per heavy atom. The smallest absolute Gasteiger partial charge is 0.133 e. The molecule has 0 heterocycles. The SMILES string of the molecule is N#Cc1cc(CF)ccc1O. The maximum Gasteiger partial charge on any atom is 0.133 e. The summed E-state index contributed by atoms with van der Waals surface area (Å²) in [7, 11) is 0. The van der Waals surface area contributed by atoms with Crippen LogP contribution in [-0.2, 0) is 6.67 Å². The van der Waals surface area contributed by atoms with Crippen molar-refractivity contribution in [2.24, 2.45) is 0 Å². The lowest BCUT2D eigenvalue weighted by atomic mass is 10.1. The van der Waals surface area contributed by atoms with Crippen molar-refractivity contribution in [3.05, 3.63) is 29.3 Å². The predicted molar refractivity (Wildman–Crippen MR) is 37.6 cm³/mol. The first kappa shape index (κ1) is 7.55. The highest BCUT2D eigenvalue weighted by atomic mass is 19.1. The van der Waals surface area contributed by atoms with Gasteiger partial charge in [0.1, 0.15) is 18.5 Å². The van der Waals surface area contributed by atoms with Gasteiger partial charge in [-0.3, -0.25) is 0 Å². The summed E-state index contributed by atoms with van der Waals surface area (Å²) in [5.41, 5.74) is 0.513. The molecule has 0 saturated heterocycles. The summed E-state index contributed by atoms with van der Waals surface area (Å²) in [6.45, 7) is -0.616. The molecule has 0 unspecified atom stereocenters. The number of hydrogen-bond acceptors (Lipinski definition) is 2. The molecule has 2 nitrogen and oxygen atoms in total. The van der Waals surface area contributed by atoms with Crippen LogP contribution in [0.4, 0.5) is 4.39 Å². The lowest BCUT2D eigenvalue weighted by Crippen LogP contribution is -1.81. The zero-order chi connectivity index (χ0) is 8.27. The summed E-state index contributed by atoms with van der Waals surface area (Å²) < 4.78 is 12.0. The number of nitriles is 1. The van der Waals surface area contributed by atoms with E-state index in [0.29, 0.717) is 5.56 Å². The first-order valence-corrected chi connectivity index (χ1v) is 3.06. The fraction of sp³-hybridized carbons (Fsp3) is 0.125. The number of nitrogens with zero attached hydrogens (tertiary/aromatic N) is 1. The van der Waals surface area contributed by atoms with Gasteiger partial charge in [-0.1, -0.05) is 6.07 Å². The van der Waals surface area contributed by atoms with Gasteiger partial charge in [-0.15, -0.1) is 0 Å². The maximum atomic E-state index is 12.0. The summed E-state index contributed by atoms with van der Waals surface area (Å²) in [5, 5.41) is 17.4. The molecule has 11 heavy (non-hydrogen) atoms. The van der Waals surface area contributed by atoms with E-state index in [0.717, 1.165) is 0 Å². The van der Waals surface area contributed by atoms with Crippen LogP contribution < -0.4 is 0 Å². The van der Waals surface area contributed by atoms with Crippen LogP contribution in [0.3, 0.4) is 0 Å². The van der Waals surface area contributed by atoms with E-state index in [1.165, 1.54) is 18.2 Å². The molecular weight excluding hydrogens is 145 g/mol. The maximum absolute atomic E-state index is 12.0.